The highest BCUT2D eigenvalue weighted by Crippen LogP contribution is 2.31. The second-order valence-corrected chi connectivity index (χ2v) is 8.18. The second kappa shape index (κ2) is 8.92. The molecule has 1 aliphatic rings. The van der Waals surface area contributed by atoms with Gasteiger partial charge in [0, 0.05) is 0 Å². The molecule has 1 aliphatic heterocycles. The third-order valence-corrected chi connectivity index (χ3v) is 3.82. The average Bonchev–Trinajstić information content (AvgIpc) is 2.95. The molecule has 8 heteroatoms. The van der Waals surface area contributed by atoms with E-state index in [0.717, 1.165) is 5.56 Å². The highest BCUT2D eigenvalue weighted by molar-refractivity contribution is 5.88. The van der Waals surface area contributed by atoms with E-state index in [4.69, 9.17) is 23.7 Å². The number of hydrogen-bond donors (Lipinski definition) is 0. The molecule has 0 amide bonds. The van der Waals surface area contributed by atoms with E-state index in [0.29, 0.717) is 0 Å². The standard InChI is InChI=1S/C21H28O8/c1-13(17(22)25-12-14-10-8-7-9-11-14)26-18(23)15-16(28-21(5,6)27-15)19(24)29-20(2,3)4/h7-11,13,15-16H,12H2,1-6H3/t13?,15-,16-/m0/s1. The van der Waals surface area contributed by atoms with Crippen LogP contribution in [0.25, 0.3) is 0 Å². The maximum atomic E-state index is 12.6. The van der Waals surface area contributed by atoms with E-state index in [1.165, 1.54) is 6.92 Å². The van der Waals surface area contributed by atoms with Crippen molar-refractivity contribution in [3.05, 3.63) is 35.9 Å². The lowest BCUT2D eigenvalue weighted by atomic mass is 10.1. The molecule has 1 saturated heterocycles. The van der Waals surface area contributed by atoms with Gasteiger partial charge in [-0.1, -0.05) is 30.3 Å². The van der Waals surface area contributed by atoms with Crippen LogP contribution in [-0.2, 0) is 44.7 Å². The predicted molar refractivity (Wildman–Crippen MR) is 101 cm³/mol. The smallest absolute Gasteiger partial charge is 0.347 e. The molecule has 1 heterocycles. The van der Waals surface area contributed by atoms with E-state index in [9.17, 15) is 14.4 Å². The zero-order valence-corrected chi connectivity index (χ0v) is 17.6. The van der Waals surface area contributed by atoms with E-state index in [2.05, 4.69) is 0 Å². The van der Waals surface area contributed by atoms with Crippen molar-refractivity contribution in [2.75, 3.05) is 0 Å². The van der Waals surface area contributed by atoms with Gasteiger partial charge >= 0.3 is 17.9 Å². The fourth-order valence-corrected chi connectivity index (χ4v) is 2.60. The molecule has 1 aromatic carbocycles. The maximum Gasteiger partial charge on any atom is 0.347 e. The first kappa shape index (κ1) is 22.8. The van der Waals surface area contributed by atoms with Gasteiger partial charge in [0.2, 0.25) is 0 Å². The van der Waals surface area contributed by atoms with Gasteiger partial charge in [0.1, 0.15) is 12.2 Å². The number of esters is 3. The fraction of sp³-hybridized carbons (Fsp3) is 0.571. The van der Waals surface area contributed by atoms with Crippen LogP contribution in [0.3, 0.4) is 0 Å². The van der Waals surface area contributed by atoms with Crippen molar-refractivity contribution < 1.29 is 38.1 Å². The molecule has 1 unspecified atom stereocenters. The highest BCUT2D eigenvalue weighted by atomic mass is 16.8. The molecule has 0 aromatic heterocycles. The van der Waals surface area contributed by atoms with Gasteiger partial charge in [-0.3, -0.25) is 0 Å². The second-order valence-electron chi connectivity index (χ2n) is 8.18. The summed E-state index contributed by atoms with van der Waals surface area (Å²) in [6.45, 7) is 9.66. The summed E-state index contributed by atoms with van der Waals surface area (Å²) in [6, 6.07) is 9.11. The van der Waals surface area contributed by atoms with Crippen LogP contribution in [0.5, 0.6) is 0 Å². The Morgan fingerprint density at radius 1 is 1.03 bits per heavy atom. The van der Waals surface area contributed by atoms with Crippen molar-refractivity contribution in [3.8, 4) is 0 Å². The molecule has 0 aliphatic carbocycles. The number of hydrogen-bond acceptors (Lipinski definition) is 8. The van der Waals surface area contributed by atoms with Crippen molar-refractivity contribution in [1.29, 1.82) is 0 Å². The maximum absolute atomic E-state index is 12.6. The summed E-state index contributed by atoms with van der Waals surface area (Å²) in [5, 5.41) is 0. The monoisotopic (exact) mass is 408 g/mol. The van der Waals surface area contributed by atoms with Gasteiger partial charge < -0.3 is 23.7 Å². The van der Waals surface area contributed by atoms with Crippen molar-refractivity contribution in [2.24, 2.45) is 0 Å². The molecule has 1 fully saturated rings. The van der Waals surface area contributed by atoms with Crippen LogP contribution in [-0.4, -0.2) is 47.6 Å². The molecule has 8 nitrogen and oxygen atoms in total. The molecule has 29 heavy (non-hydrogen) atoms. The third-order valence-electron chi connectivity index (χ3n) is 3.82. The number of ether oxygens (including phenoxy) is 5. The largest absolute Gasteiger partial charge is 0.458 e. The lowest BCUT2D eigenvalue weighted by Gasteiger charge is -2.23. The highest BCUT2D eigenvalue weighted by Gasteiger charge is 2.51. The van der Waals surface area contributed by atoms with Crippen molar-refractivity contribution in [1.82, 2.24) is 0 Å². The minimum Gasteiger partial charge on any atom is -0.458 e. The molecule has 0 N–H and O–H groups in total. The Hall–Kier alpha value is -2.45. The summed E-state index contributed by atoms with van der Waals surface area (Å²) >= 11 is 0. The summed E-state index contributed by atoms with van der Waals surface area (Å²) in [4.78, 5) is 37.1. The molecular formula is C21H28O8. The zero-order chi connectivity index (χ0) is 21.8. The molecule has 3 atom stereocenters. The Morgan fingerprint density at radius 3 is 2.14 bits per heavy atom. The summed E-state index contributed by atoms with van der Waals surface area (Å²) in [5.74, 6) is -3.56. The third kappa shape index (κ3) is 6.83. The Kier molecular flexibility index (Phi) is 7.02. The molecule has 160 valence electrons. The van der Waals surface area contributed by atoms with Crippen LogP contribution >= 0.6 is 0 Å². The van der Waals surface area contributed by atoms with Gasteiger partial charge in [0.25, 0.3) is 0 Å². The van der Waals surface area contributed by atoms with Gasteiger partial charge in [-0.25, -0.2) is 14.4 Å². The first-order chi connectivity index (χ1) is 13.4. The quantitative estimate of drug-likeness (QED) is 0.523. The van der Waals surface area contributed by atoms with Gasteiger partial charge in [-0.2, -0.15) is 0 Å². The Labute approximate surface area is 170 Å². The zero-order valence-electron chi connectivity index (χ0n) is 17.6. The SMILES string of the molecule is CC(OC(=O)[C@H]1OC(C)(C)O[C@@H]1C(=O)OC(C)(C)C)C(=O)OCc1ccccc1. The lowest BCUT2D eigenvalue weighted by molar-refractivity contribution is -0.181. The van der Waals surface area contributed by atoms with Crippen LogP contribution in [0.1, 0.15) is 47.1 Å². The predicted octanol–water partition coefficient (Wildman–Crippen LogP) is 2.52. The minimum absolute atomic E-state index is 0.0537. The summed E-state index contributed by atoms with van der Waals surface area (Å²) in [6.07, 6.45) is -3.84. The molecule has 1 aromatic rings. The Balaban J connectivity index is 1.97. The lowest BCUT2D eigenvalue weighted by Crippen LogP contribution is -2.43. The average molecular weight is 408 g/mol. The normalized spacial score (nSPS) is 21.9. The van der Waals surface area contributed by atoms with Crippen molar-refractivity contribution in [3.63, 3.8) is 0 Å². The summed E-state index contributed by atoms with van der Waals surface area (Å²) < 4.78 is 26.7. The summed E-state index contributed by atoms with van der Waals surface area (Å²) in [7, 11) is 0. The number of carbonyl (C=O) groups is 3. The topological polar surface area (TPSA) is 97.4 Å². The number of benzene rings is 1. The van der Waals surface area contributed by atoms with Crippen LogP contribution in [0, 0.1) is 0 Å². The van der Waals surface area contributed by atoms with Crippen LogP contribution in [0.2, 0.25) is 0 Å². The van der Waals surface area contributed by atoms with Crippen LogP contribution in [0.4, 0.5) is 0 Å². The van der Waals surface area contributed by atoms with E-state index >= 15 is 0 Å². The van der Waals surface area contributed by atoms with Gasteiger partial charge in [0.05, 0.1) is 0 Å². The number of rotatable bonds is 6. The Bertz CT molecular complexity index is 735. The van der Waals surface area contributed by atoms with E-state index in [1.54, 1.807) is 46.8 Å². The molecule has 2 rings (SSSR count). The van der Waals surface area contributed by atoms with Crippen LogP contribution < -0.4 is 0 Å². The molecule has 0 radical (unpaired) electrons. The van der Waals surface area contributed by atoms with E-state index in [-0.39, 0.29) is 6.61 Å². The van der Waals surface area contributed by atoms with Gasteiger partial charge in [0.15, 0.2) is 24.1 Å². The Morgan fingerprint density at radius 2 is 1.59 bits per heavy atom. The van der Waals surface area contributed by atoms with E-state index in [1.807, 2.05) is 18.2 Å². The van der Waals surface area contributed by atoms with Crippen molar-refractivity contribution in [2.45, 2.75) is 77.8 Å². The van der Waals surface area contributed by atoms with Gasteiger partial charge in [-0.05, 0) is 47.1 Å². The summed E-state index contributed by atoms with van der Waals surface area (Å²) in [5.41, 5.74) is 0.0366. The molecule has 0 spiro atoms. The molecular weight excluding hydrogens is 380 g/mol. The van der Waals surface area contributed by atoms with Crippen LogP contribution in [0.15, 0.2) is 30.3 Å². The molecule has 0 saturated carbocycles. The number of carbonyl (C=O) groups excluding carboxylic acids is 3. The molecule has 0 bridgehead atoms. The minimum atomic E-state index is -1.36. The first-order valence-corrected chi connectivity index (χ1v) is 9.37. The first-order valence-electron chi connectivity index (χ1n) is 9.37. The fourth-order valence-electron chi connectivity index (χ4n) is 2.60. The van der Waals surface area contributed by atoms with Crippen molar-refractivity contribution >= 4 is 17.9 Å². The van der Waals surface area contributed by atoms with E-state index < -0.39 is 47.6 Å². The van der Waals surface area contributed by atoms with Gasteiger partial charge in [-0.15, -0.1) is 0 Å².